The largest absolute Gasteiger partial charge is 0.381 e. The molecule has 1 aromatic heterocycles. The topological polar surface area (TPSA) is 71.2 Å². The van der Waals surface area contributed by atoms with E-state index in [9.17, 15) is 4.79 Å². The van der Waals surface area contributed by atoms with Crippen molar-refractivity contribution in [3.63, 3.8) is 0 Å². The first-order valence-corrected chi connectivity index (χ1v) is 10.1. The maximum absolute atomic E-state index is 13.0. The third-order valence-electron chi connectivity index (χ3n) is 5.88. The molecule has 146 valence electrons. The predicted molar refractivity (Wildman–Crippen MR) is 105 cm³/mol. The van der Waals surface area contributed by atoms with Crippen molar-refractivity contribution in [1.29, 1.82) is 5.26 Å². The fourth-order valence-corrected chi connectivity index (χ4v) is 4.45. The molecule has 1 amide bonds. The minimum atomic E-state index is 0.00665. The van der Waals surface area contributed by atoms with Crippen LogP contribution in [0, 0.1) is 18.3 Å². The number of nitrogens with zero attached hydrogens (tertiary/aromatic N) is 4. The average Bonchev–Trinajstić information content (AvgIpc) is 3.15. The van der Waals surface area contributed by atoms with E-state index in [2.05, 4.69) is 17.6 Å². The van der Waals surface area contributed by atoms with Crippen LogP contribution in [0.15, 0.2) is 30.5 Å². The molecule has 2 aromatic rings. The molecule has 6 nitrogen and oxygen atoms in total. The highest BCUT2D eigenvalue weighted by molar-refractivity contribution is 5.94. The summed E-state index contributed by atoms with van der Waals surface area (Å²) in [5.41, 5.74) is 2.27. The Labute approximate surface area is 165 Å². The number of piperidine rings is 1. The zero-order valence-corrected chi connectivity index (χ0v) is 16.3. The highest BCUT2D eigenvalue weighted by Gasteiger charge is 2.30. The van der Waals surface area contributed by atoms with E-state index in [1.165, 1.54) is 0 Å². The Morgan fingerprint density at radius 2 is 2.11 bits per heavy atom. The van der Waals surface area contributed by atoms with E-state index in [-0.39, 0.29) is 11.9 Å². The summed E-state index contributed by atoms with van der Waals surface area (Å²) in [7, 11) is 0. The summed E-state index contributed by atoms with van der Waals surface area (Å²) in [6.07, 6.45) is 6.00. The van der Waals surface area contributed by atoms with Gasteiger partial charge >= 0.3 is 0 Å². The number of aryl methyl sites for hydroxylation is 1. The molecule has 0 spiro atoms. The van der Waals surface area contributed by atoms with E-state index in [1.807, 2.05) is 11.1 Å². The molecule has 0 saturated carbocycles. The Balaban J connectivity index is 1.55. The zero-order chi connectivity index (χ0) is 19.5. The van der Waals surface area contributed by atoms with Crippen molar-refractivity contribution in [3.05, 3.63) is 53.1 Å². The van der Waals surface area contributed by atoms with E-state index < -0.39 is 0 Å². The van der Waals surface area contributed by atoms with Gasteiger partial charge in [0.25, 0.3) is 5.91 Å². The lowest BCUT2D eigenvalue weighted by Crippen LogP contribution is -2.41. The molecular weight excluding hydrogens is 352 g/mol. The number of imidazole rings is 1. The van der Waals surface area contributed by atoms with Crippen LogP contribution in [0.1, 0.15) is 65.1 Å². The van der Waals surface area contributed by atoms with Crippen LogP contribution in [0.2, 0.25) is 0 Å². The Morgan fingerprint density at radius 1 is 1.29 bits per heavy atom. The summed E-state index contributed by atoms with van der Waals surface area (Å²) in [5.74, 6) is 1.58. The molecular formula is C22H26N4O2. The summed E-state index contributed by atoms with van der Waals surface area (Å²) >= 11 is 0. The van der Waals surface area contributed by atoms with E-state index >= 15 is 0 Å². The number of hydrogen-bond donors (Lipinski definition) is 0. The molecule has 1 unspecified atom stereocenters. The molecule has 1 atom stereocenters. The predicted octanol–water partition coefficient (Wildman–Crippen LogP) is 3.43. The molecule has 2 aliphatic heterocycles. The van der Waals surface area contributed by atoms with E-state index in [0.29, 0.717) is 23.6 Å². The molecule has 2 fully saturated rings. The van der Waals surface area contributed by atoms with Gasteiger partial charge in [-0.2, -0.15) is 5.26 Å². The third-order valence-corrected chi connectivity index (χ3v) is 5.88. The van der Waals surface area contributed by atoms with Crippen molar-refractivity contribution in [2.24, 2.45) is 0 Å². The molecule has 0 bridgehead atoms. The Morgan fingerprint density at radius 3 is 2.89 bits per heavy atom. The van der Waals surface area contributed by atoms with Gasteiger partial charge in [0, 0.05) is 49.7 Å². The smallest absolute Gasteiger partial charge is 0.253 e. The number of nitriles is 1. The first-order valence-electron chi connectivity index (χ1n) is 10.1. The molecule has 28 heavy (non-hydrogen) atoms. The standard InChI is InChI=1S/C22H26N4O2/c1-16-14-24-21(18-7-10-28-11-8-18)26(16)20-6-3-9-25(15-20)22(27)19-5-2-4-17(12-19)13-23/h2,4-5,12,14,18,20H,3,6-11,15H2,1H3. The SMILES string of the molecule is Cc1cnc(C2CCOCC2)n1C1CCCN(C(=O)c2cccc(C#N)c2)C1. The van der Waals surface area contributed by atoms with Crippen molar-refractivity contribution in [1.82, 2.24) is 14.5 Å². The van der Waals surface area contributed by atoms with Crippen molar-refractivity contribution >= 4 is 5.91 Å². The summed E-state index contributed by atoms with van der Waals surface area (Å²) in [5, 5.41) is 9.11. The summed E-state index contributed by atoms with van der Waals surface area (Å²) in [6.45, 7) is 5.13. The van der Waals surface area contributed by atoms with Gasteiger partial charge in [-0.1, -0.05) is 6.07 Å². The highest BCUT2D eigenvalue weighted by atomic mass is 16.5. The Bertz CT molecular complexity index is 892. The lowest BCUT2D eigenvalue weighted by Gasteiger charge is -2.36. The van der Waals surface area contributed by atoms with Crippen LogP contribution in [-0.2, 0) is 4.74 Å². The summed E-state index contributed by atoms with van der Waals surface area (Å²) in [4.78, 5) is 19.7. The molecule has 3 heterocycles. The van der Waals surface area contributed by atoms with Crippen LogP contribution in [0.4, 0.5) is 0 Å². The lowest BCUT2D eigenvalue weighted by atomic mass is 9.97. The minimum Gasteiger partial charge on any atom is -0.381 e. The fraction of sp³-hybridized carbons (Fsp3) is 0.500. The quantitative estimate of drug-likeness (QED) is 0.820. The highest BCUT2D eigenvalue weighted by Crippen LogP contribution is 2.32. The number of ether oxygens (including phenoxy) is 1. The molecule has 0 aliphatic carbocycles. The van der Waals surface area contributed by atoms with Crippen molar-refractivity contribution in [3.8, 4) is 6.07 Å². The van der Waals surface area contributed by atoms with Crippen LogP contribution >= 0.6 is 0 Å². The zero-order valence-electron chi connectivity index (χ0n) is 16.3. The number of aromatic nitrogens is 2. The maximum Gasteiger partial charge on any atom is 0.253 e. The van der Waals surface area contributed by atoms with Crippen LogP contribution in [0.25, 0.3) is 0 Å². The Hall–Kier alpha value is -2.65. The fourth-order valence-electron chi connectivity index (χ4n) is 4.45. The van der Waals surface area contributed by atoms with Gasteiger partial charge in [-0.05, 0) is 50.8 Å². The van der Waals surface area contributed by atoms with Gasteiger partial charge in [0.15, 0.2) is 0 Å². The summed E-state index contributed by atoms with van der Waals surface area (Å²) in [6, 6.07) is 9.34. The van der Waals surface area contributed by atoms with E-state index in [0.717, 1.165) is 57.0 Å². The molecule has 1 aromatic carbocycles. The number of likely N-dealkylation sites (tertiary alicyclic amines) is 1. The maximum atomic E-state index is 13.0. The third kappa shape index (κ3) is 3.67. The summed E-state index contributed by atoms with van der Waals surface area (Å²) < 4.78 is 7.88. The van der Waals surface area contributed by atoms with Crippen molar-refractivity contribution < 1.29 is 9.53 Å². The van der Waals surface area contributed by atoms with Crippen LogP contribution < -0.4 is 0 Å². The van der Waals surface area contributed by atoms with E-state index in [4.69, 9.17) is 15.0 Å². The van der Waals surface area contributed by atoms with Crippen LogP contribution in [0.3, 0.4) is 0 Å². The van der Waals surface area contributed by atoms with E-state index in [1.54, 1.807) is 24.3 Å². The molecule has 2 saturated heterocycles. The van der Waals surface area contributed by atoms with Crippen LogP contribution in [-0.4, -0.2) is 46.7 Å². The lowest BCUT2D eigenvalue weighted by molar-refractivity contribution is 0.0666. The van der Waals surface area contributed by atoms with Gasteiger partial charge in [-0.3, -0.25) is 4.79 Å². The van der Waals surface area contributed by atoms with Gasteiger partial charge in [-0.15, -0.1) is 0 Å². The van der Waals surface area contributed by atoms with Gasteiger partial charge in [0.1, 0.15) is 5.82 Å². The molecule has 4 rings (SSSR count). The monoisotopic (exact) mass is 378 g/mol. The van der Waals surface area contributed by atoms with Gasteiger partial charge < -0.3 is 14.2 Å². The second-order valence-corrected chi connectivity index (χ2v) is 7.75. The van der Waals surface area contributed by atoms with Crippen molar-refractivity contribution in [2.75, 3.05) is 26.3 Å². The first-order chi connectivity index (χ1) is 13.7. The van der Waals surface area contributed by atoms with Gasteiger partial charge in [0.05, 0.1) is 17.7 Å². The van der Waals surface area contributed by atoms with Gasteiger partial charge in [-0.25, -0.2) is 4.98 Å². The number of carbonyl (C=O) groups is 1. The molecule has 0 N–H and O–H groups in total. The average molecular weight is 378 g/mol. The first kappa shape index (κ1) is 18.7. The number of hydrogen-bond acceptors (Lipinski definition) is 4. The Kier molecular flexibility index (Phi) is 5.45. The molecule has 2 aliphatic rings. The van der Waals surface area contributed by atoms with Crippen LogP contribution in [0.5, 0.6) is 0 Å². The molecule has 6 heteroatoms. The second kappa shape index (κ2) is 8.15. The normalized spacial score (nSPS) is 20.7. The van der Waals surface area contributed by atoms with Crippen molar-refractivity contribution in [2.45, 2.75) is 44.6 Å². The number of carbonyl (C=O) groups excluding carboxylic acids is 1. The number of benzene rings is 1. The van der Waals surface area contributed by atoms with Gasteiger partial charge in [0.2, 0.25) is 0 Å². The number of amides is 1. The second-order valence-electron chi connectivity index (χ2n) is 7.75. The number of rotatable bonds is 3. The molecule has 0 radical (unpaired) electrons. The minimum absolute atomic E-state index is 0.00665.